The van der Waals surface area contributed by atoms with Crippen molar-refractivity contribution in [2.75, 3.05) is 13.1 Å². The predicted molar refractivity (Wildman–Crippen MR) is 84.1 cm³/mol. The van der Waals surface area contributed by atoms with Gasteiger partial charge in [-0.1, -0.05) is 30.3 Å². The number of aromatic nitrogens is 1. The van der Waals surface area contributed by atoms with Gasteiger partial charge in [-0.05, 0) is 23.6 Å². The number of nitrogens with two attached hydrogens (primary N) is 1. The number of benzene rings is 1. The van der Waals surface area contributed by atoms with E-state index in [0.29, 0.717) is 19.1 Å². The second-order valence-electron chi connectivity index (χ2n) is 5.57. The van der Waals surface area contributed by atoms with Gasteiger partial charge < -0.3 is 10.3 Å². The molecule has 1 aliphatic rings. The molecule has 2 N–H and O–H groups in total. The van der Waals surface area contributed by atoms with Crippen molar-refractivity contribution < 1.29 is 0 Å². The lowest BCUT2D eigenvalue weighted by Crippen LogP contribution is -2.46. The molecule has 0 radical (unpaired) electrons. The number of hydrogen-bond acceptors (Lipinski definition) is 3. The first kappa shape index (κ1) is 14.0. The first-order chi connectivity index (χ1) is 10.3. The molecule has 1 aliphatic heterocycles. The fourth-order valence-corrected chi connectivity index (χ4v) is 3.02. The maximum atomic E-state index is 11.8. The Morgan fingerprint density at radius 1 is 1.05 bits per heavy atom. The zero-order chi connectivity index (χ0) is 14.7. The van der Waals surface area contributed by atoms with Gasteiger partial charge in [0.15, 0.2) is 0 Å². The van der Waals surface area contributed by atoms with Gasteiger partial charge in [-0.25, -0.2) is 0 Å². The van der Waals surface area contributed by atoms with Gasteiger partial charge in [0.25, 0.3) is 5.56 Å². The van der Waals surface area contributed by atoms with Crippen LogP contribution in [0.15, 0.2) is 53.5 Å². The van der Waals surface area contributed by atoms with Crippen LogP contribution < -0.4 is 11.3 Å². The summed E-state index contributed by atoms with van der Waals surface area (Å²) in [6.07, 6.45) is 2.84. The second kappa shape index (κ2) is 6.24. The van der Waals surface area contributed by atoms with Crippen molar-refractivity contribution in [1.29, 1.82) is 0 Å². The highest BCUT2D eigenvalue weighted by molar-refractivity contribution is 5.30. The molecule has 1 aromatic heterocycles. The molecular weight excluding hydrogens is 262 g/mol. The molecule has 0 amide bonds. The first-order valence-electron chi connectivity index (χ1n) is 7.44. The highest BCUT2D eigenvalue weighted by Crippen LogP contribution is 2.22. The van der Waals surface area contributed by atoms with E-state index in [9.17, 15) is 4.79 Å². The molecule has 1 aromatic carbocycles. The van der Waals surface area contributed by atoms with Gasteiger partial charge in [0.1, 0.15) is 0 Å². The zero-order valence-electron chi connectivity index (χ0n) is 12.1. The highest BCUT2D eigenvalue weighted by Gasteiger charge is 2.24. The molecule has 1 atom stereocenters. The lowest BCUT2D eigenvalue weighted by Gasteiger charge is -2.36. The summed E-state index contributed by atoms with van der Waals surface area (Å²) in [5.74, 6) is 0. The average molecular weight is 283 g/mol. The Morgan fingerprint density at radius 3 is 2.57 bits per heavy atom. The highest BCUT2D eigenvalue weighted by atomic mass is 16.1. The van der Waals surface area contributed by atoms with Crippen molar-refractivity contribution in [2.45, 2.75) is 25.6 Å². The molecule has 3 rings (SSSR count). The fraction of sp³-hybridized carbons (Fsp3) is 0.353. The summed E-state index contributed by atoms with van der Waals surface area (Å²) in [5.41, 5.74) is 8.78. The number of hydrogen-bond donors (Lipinski definition) is 1. The van der Waals surface area contributed by atoms with Gasteiger partial charge >= 0.3 is 0 Å². The van der Waals surface area contributed by atoms with Crippen LogP contribution in [-0.2, 0) is 19.5 Å². The number of pyridine rings is 1. The molecule has 0 fully saturated rings. The van der Waals surface area contributed by atoms with Crippen LogP contribution in [0.4, 0.5) is 0 Å². The smallest absolute Gasteiger partial charge is 0.250 e. The Labute approximate surface area is 124 Å². The van der Waals surface area contributed by atoms with Crippen LogP contribution in [0, 0.1) is 0 Å². The number of fused-ring (bicyclic) bond motifs is 1. The van der Waals surface area contributed by atoms with Crippen molar-refractivity contribution in [2.24, 2.45) is 5.73 Å². The lowest BCUT2D eigenvalue weighted by atomic mass is 9.94. The molecule has 2 heterocycles. The molecule has 0 bridgehead atoms. The second-order valence-corrected chi connectivity index (χ2v) is 5.57. The number of nitrogens with zero attached hydrogens (tertiary/aromatic N) is 2. The van der Waals surface area contributed by atoms with E-state index in [-0.39, 0.29) is 5.56 Å². The van der Waals surface area contributed by atoms with Crippen molar-refractivity contribution in [3.8, 4) is 0 Å². The summed E-state index contributed by atoms with van der Waals surface area (Å²) in [7, 11) is 0. The van der Waals surface area contributed by atoms with Crippen LogP contribution in [0.5, 0.6) is 0 Å². The van der Waals surface area contributed by atoms with E-state index in [2.05, 4.69) is 29.2 Å². The van der Waals surface area contributed by atoms with E-state index in [1.165, 1.54) is 11.1 Å². The Kier molecular flexibility index (Phi) is 4.18. The summed E-state index contributed by atoms with van der Waals surface area (Å²) in [6.45, 7) is 3.12. The molecule has 4 heteroatoms. The summed E-state index contributed by atoms with van der Waals surface area (Å²) in [6, 6.07) is 14.2. The van der Waals surface area contributed by atoms with Crippen molar-refractivity contribution in [3.05, 3.63) is 70.1 Å². The van der Waals surface area contributed by atoms with Crippen LogP contribution in [0.25, 0.3) is 0 Å². The molecule has 4 nitrogen and oxygen atoms in total. The van der Waals surface area contributed by atoms with Gasteiger partial charge in [-0.3, -0.25) is 9.69 Å². The lowest BCUT2D eigenvalue weighted by molar-refractivity contribution is 0.168. The van der Waals surface area contributed by atoms with Crippen LogP contribution in [0.3, 0.4) is 0 Å². The summed E-state index contributed by atoms with van der Waals surface area (Å²) in [5, 5.41) is 0. The third-order valence-electron chi connectivity index (χ3n) is 4.26. The third kappa shape index (κ3) is 3.06. The molecule has 0 saturated carbocycles. The first-order valence-corrected chi connectivity index (χ1v) is 7.44. The summed E-state index contributed by atoms with van der Waals surface area (Å²) in [4.78, 5) is 14.2. The normalized spacial score (nSPS) is 18.4. The SMILES string of the molecule is NCC1Cc2ccccc2CN1CCn1ccccc1=O. The van der Waals surface area contributed by atoms with E-state index in [0.717, 1.165) is 19.5 Å². The minimum absolute atomic E-state index is 0.0548. The van der Waals surface area contributed by atoms with Gasteiger partial charge in [0.2, 0.25) is 0 Å². The minimum Gasteiger partial charge on any atom is -0.329 e. The molecule has 1 unspecified atom stereocenters. The number of rotatable bonds is 4. The molecular formula is C17H21N3O. The molecule has 0 aliphatic carbocycles. The zero-order valence-corrected chi connectivity index (χ0v) is 12.1. The maximum Gasteiger partial charge on any atom is 0.250 e. The Balaban J connectivity index is 1.73. The topological polar surface area (TPSA) is 51.3 Å². The Morgan fingerprint density at radius 2 is 1.81 bits per heavy atom. The quantitative estimate of drug-likeness (QED) is 0.918. The van der Waals surface area contributed by atoms with Crippen molar-refractivity contribution in [3.63, 3.8) is 0 Å². The van der Waals surface area contributed by atoms with Crippen molar-refractivity contribution >= 4 is 0 Å². The minimum atomic E-state index is 0.0548. The molecule has 21 heavy (non-hydrogen) atoms. The van der Waals surface area contributed by atoms with Crippen LogP contribution >= 0.6 is 0 Å². The molecule has 2 aromatic rings. The molecule has 0 spiro atoms. The standard InChI is InChI=1S/C17H21N3O/c18-12-16-11-14-5-1-2-6-15(14)13-20(16)10-9-19-8-4-3-7-17(19)21/h1-8,16H,9-13,18H2. The average Bonchev–Trinajstić information content (AvgIpc) is 2.53. The third-order valence-corrected chi connectivity index (χ3v) is 4.26. The van der Waals surface area contributed by atoms with Crippen LogP contribution in [0.1, 0.15) is 11.1 Å². The largest absolute Gasteiger partial charge is 0.329 e. The van der Waals surface area contributed by atoms with Gasteiger partial charge in [-0.15, -0.1) is 0 Å². The van der Waals surface area contributed by atoms with Gasteiger partial charge in [-0.2, -0.15) is 0 Å². The maximum absolute atomic E-state index is 11.8. The van der Waals surface area contributed by atoms with Gasteiger partial charge in [0.05, 0.1) is 0 Å². The van der Waals surface area contributed by atoms with Crippen LogP contribution in [0.2, 0.25) is 0 Å². The van der Waals surface area contributed by atoms with Crippen molar-refractivity contribution in [1.82, 2.24) is 9.47 Å². The van der Waals surface area contributed by atoms with E-state index in [1.54, 1.807) is 16.7 Å². The van der Waals surface area contributed by atoms with Crippen LogP contribution in [-0.4, -0.2) is 28.6 Å². The van der Waals surface area contributed by atoms with E-state index >= 15 is 0 Å². The summed E-state index contributed by atoms with van der Waals surface area (Å²) < 4.78 is 1.76. The molecule has 110 valence electrons. The Bertz CT molecular complexity index is 665. The molecule has 0 saturated heterocycles. The monoisotopic (exact) mass is 283 g/mol. The Hall–Kier alpha value is -1.91. The van der Waals surface area contributed by atoms with Gasteiger partial charge in [0, 0.05) is 44.5 Å². The summed E-state index contributed by atoms with van der Waals surface area (Å²) >= 11 is 0. The van der Waals surface area contributed by atoms with E-state index in [1.807, 2.05) is 12.3 Å². The fourth-order valence-electron chi connectivity index (χ4n) is 3.02. The van der Waals surface area contributed by atoms with E-state index < -0.39 is 0 Å². The predicted octanol–water partition coefficient (Wildman–Crippen LogP) is 1.23. The van der Waals surface area contributed by atoms with E-state index in [4.69, 9.17) is 5.73 Å².